The fraction of sp³-hybridized carbons (Fsp3) is 0.429. The molecule has 0 radical (unpaired) electrons. The summed E-state index contributed by atoms with van der Waals surface area (Å²) in [5.74, 6) is 1.07. The molecule has 2 aromatic rings. The summed E-state index contributed by atoms with van der Waals surface area (Å²) in [4.78, 5) is 9.17. The zero-order valence-electron chi connectivity index (χ0n) is 11.6. The lowest BCUT2D eigenvalue weighted by molar-refractivity contribution is 0.204. The van der Waals surface area contributed by atoms with E-state index in [1.165, 1.54) is 0 Å². The van der Waals surface area contributed by atoms with Gasteiger partial charge in [0.15, 0.2) is 4.77 Å². The molecule has 1 fully saturated rings. The number of aryl methyl sites for hydroxylation is 1. The van der Waals surface area contributed by atoms with Crippen molar-refractivity contribution in [1.82, 2.24) is 19.0 Å². The molecule has 20 heavy (non-hydrogen) atoms. The fourth-order valence-corrected chi connectivity index (χ4v) is 2.67. The second kappa shape index (κ2) is 5.76. The van der Waals surface area contributed by atoms with E-state index in [4.69, 9.17) is 12.2 Å². The summed E-state index contributed by atoms with van der Waals surface area (Å²) in [5, 5.41) is 0. The van der Waals surface area contributed by atoms with Crippen LogP contribution in [0.4, 0.5) is 5.82 Å². The van der Waals surface area contributed by atoms with Crippen molar-refractivity contribution in [3.8, 4) is 0 Å². The van der Waals surface area contributed by atoms with Gasteiger partial charge in [0, 0.05) is 51.8 Å². The van der Waals surface area contributed by atoms with E-state index < -0.39 is 0 Å². The van der Waals surface area contributed by atoms with E-state index in [1.807, 2.05) is 42.3 Å². The molecule has 2 aromatic heterocycles. The molecule has 106 valence electrons. The van der Waals surface area contributed by atoms with Crippen LogP contribution in [0.2, 0.25) is 0 Å². The van der Waals surface area contributed by atoms with Gasteiger partial charge < -0.3 is 14.0 Å². The van der Waals surface area contributed by atoms with Crippen molar-refractivity contribution in [1.29, 1.82) is 0 Å². The maximum atomic E-state index is 5.37. The van der Waals surface area contributed by atoms with E-state index in [-0.39, 0.29) is 0 Å². The van der Waals surface area contributed by atoms with Crippen LogP contribution in [0.5, 0.6) is 0 Å². The van der Waals surface area contributed by atoms with Gasteiger partial charge in [-0.15, -0.1) is 0 Å². The minimum absolute atomic E-state index is 0.871. The molecule has 1 aliphatic heterocycles. The largest absolute Gasteiger partial charge is 0.354 e. The van der Waals surface area contributed by atoms with Crippen LogP contribution < -0.4 is 4.90 Å². The fourth-order valence-electron chi connectivity index (χ4n) is 2.49. The van der Waals surface area contributed by atoms with E-state index >= 15 is 0 Å². The van der Waals surface area contributed by atoms with Crippen LogP contribution in [-0.4, -0.2) is 45.2 Å². The number of rotatable bonds is 3. The van der Waals surface area contributed by atoms with Crippen molar-refractivity contribution in [3.63, 3.8) is 0 Å². The average molecular weight is 289 g/mol. The average Bonchev–Trinajstić information content (AvgIpc) is 2.81. The van der Waals surface area contributed by atoms with Gasteiger partial charge in [0.2, 0.25) is 0 Å². The van der Waals surface area contributed by atoms with E-state index in [2.05, 4.69) is 25.4 Å². The van der Waals surface area contributed by atoms with Crippen LogP contribution in [0.15, 0.2) is 36.8 Å². The molecule has 0 aromatic carbocycles. The Hall–Kier alpha value is -1.66. The number of imidazole rings is 1. The van der Waals surface area contributed by atoms with Crippen LogP contribution in [0.25, 0.3) is 0 Å². The predicted molar refractivity (Wildman–Crippen MR) is 82.3 cm³/mol. The molecular weight excluding hydrogens is 270 g/mol. The first-order valence-corrected chi connectivity index (χ1v) is 7.25. The summed E-state index contributed by atoms with van der Waals surface area (Å²) >= 11 is 5.37. The van der Waals surface area contributed by atoms with Crippen molar-refractivity contribution in [3.05, 3.63) is 41.6 Å². The van der Waals surface area contributed by atoms with Crippen LogP contribution in [-0.2, 0) is 13.7 Å². The monoisotopic (exact) mass is 289 g/mol. The smallest absolute Gasteiger partial charge is 0.180 e. The Morgan fingerprint density at radius 1 is 1.15 bits per heavy atom. The van der Waals surface area contributed by atoms with E-state index in [9.17, 15) is 0 Å². The lowest BCUT2D eigenvalue weighted by Gasteiger charge is -2.35. The van der Waals surface area contributed by atoms with Gasteiger partial charge in [0.25, 0.3) is 0 Å². The maximum absolute atomic E-state index is 5.37. The number of pyridine rings is 1. The minimum Gasteiger partial charge on any atom is -0.354 e. The first-order chi connectivity index (χ1) is 9.74. The Labute approximate surface area is 124 Å². The second-order valence-corrected chi connectivity index (χ2v) is 5.46. The Morgan fingerprint density at radius 3 is 2.55 bits per heavy atom. The topological polar surface area (TPSA) is 29.2 Å². The summed E-state index contributed by atoms with van der Waals surface area (Å²) in [7, 11) is 1.98. The third-order valence-electron chi connectivity index (χ3n) is 3.72. The molecular formula is C14H19N5S. The lowest BCUT2D eigenvalue weighted by atomic mass is 10.3. The van der Waals surface area contributed by atoms with E-state index in [1.54, 1.807) is 0 Å². The molecule has 0 unspecified atom stereocenters. The van der Waals surface area contributed by atoms with Gasteiger partial charge in [-0.1, -0.05) is 6.07 Å². The Balaban J connectivity index is 1.59. The first kappa shape index (κ1) is 13.3. The Morgan fingerprint density at radius 2 is 1.95 bits per heavy atom. The zero-order valence-corrected chi connectivity index (χ0v) is 12.5. The quantitative estimate of drug-likeness (QED) is 0.805. The zero-order chi connectivity index (χ0) is 13.9. The van der Waals surface area contributed by atoms with E-state index in [0.717, 1.165) is 43.4 Å². The number of hydrogen-bond acceptors (Lipinski definition) is 4. The lowest BCUT2D eigenvalue weighted by Crippen LogP contribution is -2.47. The van der Waals surface area contributed by atoms with Gasteiger partial charge in [-0.2, -0.15) is 0 Å². The van der Waals surface area contributed by atoms with Gasteiger partial charge in [0.05, 0.1) is 6.67 Å². The maximum Gasteiger partial charge on any atom is 0.180 e. The Kier molecular flexibility index (Phi) is 3.84. The molecule has 0 spiro atoms. The highest BCUT2D eigenvalue weighted by Gasteiger charge is 2.17. The van der Waals surface area contributed by atoms with Gasteiger partial charge in [-0.05, 0) is 24.4 Å². The summed E-state index contributed by atoms with van der Waals surface area (Å²) in [6, 6.07) is 6.07. The molecule has 5 nitrogen and oxygen atoms in total. The molecule has 3 rings (SSSR count). The molecule has 0 atom stereocenters. The molecule has 0 aliphatic carbocycles. The molecule has 6 heteroatoms. The minimum atomic E-state index is 0.871. The highest BCUT2D eigenvalue weighted by molar-refractivity contribution is 7.71. The van der Waals surface area contributed by atoms with Crippen LogP contribution in [0.1, 0.15) is 0 Å². The first-order valence-electron chi connectivity index (χ1n) is 6.84. The van der Waals surface area contributed by atoms with Gasteiger partial charge >= 0.3 is 0 Å². The molecule has 1 aliphatic rings. The van der Waals surface area contributed by atoms with Crippen molar-refractivity contribution >= 4 is 18.0 Å². The molecule has 0 bridgehead atoms. The Bertz CT molecular complexity index is 610. The third kappa shape index (κ3) is 2.76. The SMILES string of the molecule is Cn1ccn(CN2CCN(c3ccccn3)CC2)c1=S. The highest BCUT2D eigenvalue weighted by Crippen LogP contribution is 2.13. The van der Waals surface area contributed by atoms with Gasteiger partial charge in [-0.3, -0.25) is 4.90 Å². The number of nitrogens with zero attached hydrogens (tertiary/aromatic N) is 5. The summed E-state index contributed by atoms with van der Waals surface area (Å²) in [5.41, 5.74) is 0. The van der Waals surface area contributed by atoms with E-state index in [0.29, 0.717) is 0 Å². The van der Waals surface area contributed by atoms with Crippen molar-refractivity contribution in [2.24, 2.45) is 7.05 Å². The van der Waals surface area contributed by atoms with Crippen molar-refractivity contribution in [2.75, 3.05) is 31.1 Å². The second-order valence-electron chi connectivity index (χ2n) is 5.10. The molecule has 0 saturated carbocycles. The standard InChI is InChI=1S/C14H19N5S/c1-16-6-9-19(14(16)20)12-17-7-10-18(11-8-17)13-4-2-3-5-15-13/h2-6,9H,7-8,10-12H2,1H3. The normalized spacial score (nSPS) is 16.6. The third-order valence-corrected chi connectivity index (χ3v) is 4.24. The number of hydrogen-bond donors (Lipinski definition) is 0. The van der Waals surface area contributed by atoms with Crippen LogP contribution >= 0.6 is 12.2 Å². The van der Waals surface area contributed by atoms with Crippen molar-refractivity contribution in [2.45, 2.75) is 6.67 Å². The highest BCUT2D eigenvalue weighted by atomic mass is 32.1. The van der Waals surface area contributed by atoms with Gasteiger partial charge in [0.1, 0.15) is 5.82 Å². The molecule has 0 N–H and O–H groups in total. The predicted octanol–water partition coefficient (Wildman–Crippen LogP) is 1.73. The van der Waals surface area contributed by atoms with Crippen LogP contribution in [0, 0.1) is 4.77 Å². The molecule has 3 heterocycles. The number of anilines is 1. The van der Waals surface area contributed by atoms with Crippen LogP contribution in [0.3, 0.4) is 0 Å². The van der Waals surface area contributed by atoms with Crippen molar-refractivity contribution < 1.29 is 0 Å². The summed E-state index contributed by atoms with van der Waals surface area (Å²) < 4.78 is 4.96. The summed E-state index contributed by atoms with van der Waals surface area (Å²) in [6.45, 7) is 4.96. The van der Waals surface area contributed by atoms with Gasteiger partial charge in [-0.25, -0.2) is 4.98 Å². The number of aromatic nitrogens is 3. The molecule has 0 amide bonds. The molecule has 1 saturated heterocycles. The summed E-state index contributed by atoms with van der Waals surface area (Å²) in [6.07, 6.45) is 5.91. The number of piperazine rings is 1.